The fraction of sp³-hybridized carbons (Fsp3) is 0.269. The summed E-state index contributed by atoms with van der Waals surface area (Å²) in [5.74, 6) is -0.404. The Labute approximate surface area is 200 Å². The van der Waals surface area contributed by atoms with Crippen molar-refractivity contribution < 1.29 is 13.2 Å². The minimum atomic E-state index is -4.01. The molecule has 1 aliphatic carbocycles. The average Bonchev–Trinajstić information content (AvgIpc) is 3.26. The molecule has 1 amide bonds. The number of benzene rings is 3. The van der Waals surface area contributed by atoms with E-state index in [0.717, 1.165) is 34.7 Å². The number of halogens is 1. The zero-order valence-electron chi connectivity index (χ0n) is 18.7. The number of carbonyl (C=O) groups is 1. The minimum Gasteiger partial charge on any atom is -0.348 e. The quantitative estimate of drug-likeness (QED) is 0.502. The van der Waals surface area contributed by atoms with E-state index in [0.29, 0.717) is 0 Å². The molecule has 1 aliphatic rings. The third kappa shape index (κ3) is 5.07. The van der Waals surface area contributed by atoms with Gasteiger partial charge in [-0.15, -0.1) is 0 Å². The molecule has 1 N–H and O–H groups in total. The van der Waals surface area contributed by atoms with Gasteiger partial charge in [0, 0.05) is 0 Å². The van der Waals surface area contributed by atoms with E-state index in [1.165, 1.54) is 11.1 Å². The molecule has 4 rings (SSSR count). The standard InChI is InChI=1S/C26H27ClN2O3S/c1-18-10-14-23(15-11-18)33(31,32)29(25-9-4-3-8-24(25)27)17-26(30)28-19(2)21-13-12-20-6-5-7-22(20)16-21/h3-4,8-16,19H,5-7,17H2,1-2H3,(H,28,30). The Kier molecular flexibility index (Phi) is 6.77. The summed E-state index contributed by atoms with van der Waals surface area (Å²) < 4.78 is 28.1. The summed E-state index contributed by atoms with van der Waals surface area (Å²) in [6.07, 6.45) is 3.31. The third-order valence-electron chi connectivity index (χ3n) is 6.02. The van der Waals surface area contributed by atoms with E-state index in [9.17, 15) is 13.2 Å². The maximum Gasteiger partial charge on any atom is 0.264 e. The fourth-order valence-corrected chi connectivity index (χ4v) is 5.88. The van der Waals surface area contributed by atoms with Gasteiger partial charge < -0.3 is 5.32 Å². The number of nitrogens with zero attached hydrogens (tertiary/aromatic N) is 1. The molecule has 0 aromatic heterocycles. The molecule has 172 valence electrons. The second-order valence-electron chi connectivity index (χ2n) is 8.45. The zero-order valence-corrected chi connectivity index (χ0v) is 20.3. The second kappa shape index (κ2) is 9.57. The molecule has 7 heteroatoms. The monoisotopic (exact) mass is 482 g/mol. The molecular weight excluding hydrogens is 456 g/mol. The van der Waals surface area contributed by atoms with Gasteiger partial charge in [0.05, 0.1) is 21.6 Å². The number of anilines is 1. The van der Waals surface area contributed by atoms with Gasteiger partial charge in [0.2, 0.25) is 5.91 Å². The van der Waals surface area contributed by atoms with Crippen LogP contribution in [-0.2, 0) is 27.7 Å². The molecule has 0 bridgehead atoms. The van der Waals surface area contributed by atoms with E-state index in [1.54, 1.807) is 48.5 Å². The van der Waals surface area contributed by atoms with Crippen LogP contribution in [0.2, 0.25) is 5.02 Å². The molecule has 33 heavy (non-hydrogen) atoms. The number of rotatable bonds is 7. The second-order valence-corrected chi connectivity index (χ2v) is 10.7. The van der Waals surface area contributed by atoms with Crippen molar-refractivity contribution in [3.8, 4) is 0 Å². The van der Waals surface area contributed by atoms with Crippen molar-refractivity contribution in [3.63, 3.8) is 0 Å². The highest BCUT2D eigenvalue weighted by molar-refractivity contribution is 7.92. The highest BCUT2D eigenvalue weighted by Gasteiger charge is 2.29. The molecule has 0 heterocycles. The van der Waals surface area contributed by atoms with Crippen LogP contribution in [0.15, 0.2) is 71.6 Å². The molecule has 3 aromatic rings. The summed E-state index contributed by atoms with van der Waals surface area (Å²) in [6.45, 7) is 3.41. The Hall–Kier alpha value is -2.83. The summed E-state index contributed by atoms with van der Waals surface area (Å²) in [7, 11) is -4.01. The highest BCUT2D eigenvalue weighted by atomic mass is 35.5. The van der Waals surface area contributed by atoms with Gasteiger partial charge in [0.1, 0.15) is 6.54 Å². The van der Waals surface area contributed by atoms with Crippen LogP contribution < -0.4 is 9.62 Å². The molecule has 1 atom stereocenters. The molecule has 0 spiro atoms. The van der Waals surface area contributed by atoms with Gasteiger partial charge in [-0.05, 0) is 74.1 Å². The predicted molar refractivity (Wildman–Crippen MR) is 132 cm³/mol. The molecule has 5 nitrogen and oxygen atoms in total. The van der Waals surface area contributed by atoms with E-state index in [4.69, 9.17) is 11.6 Å². The number of para-hydroxylation sites is 1. The van der Waals surface area contributed by atoms with Gasteiger partial charge in [0.25, 0.3) is 10.0 Å². The van der Waals surface area contributed by atoms with Crippen molar-refractivity contribution in [2.24, 2.45) is 0 Å². The van der Waals surface area contributed by atoms with Gasteiger partial charge in [0.15, 0.2) is 0 Å². The van der Waals surface area contributed by atoms with Gasteiger partial charge in [-0.25, -0.2) is 8.42 Å². The van der Waals surface area contributed by atoms with E-state index in [2.05, 4.69) is 17.4 Å². The van der Waals surface area contributed by atoms with E-state index in [-0.39, 0.29) is 28.2 Å². The molecule has 0 saturated heterocycles. The van der Waals surface area contributed by atoms with Gasteiger partial charge in [-0.1, -0.05) is 59.6 Å². The van der Waals surface area contributed by atoms with Crippen LogP contribution in [-0.4, -0.2) is 20.9 Å². The van der Waals surface area contributed by atoms with Crippen molar-refractivity contribution >= 4 is 33.2 Å². The number of hydrogen-bond donors (Lipinski definition) is 1. The molecule has 0 radical (unpaired) electrons. The van der Waals surface area contributed by atoms with Crippen molar-refractivity contribution in [2.75, 3.05) is 10.8 Å². The van der Waals surface area contributed by atoms with Crippen LogP contribution in [0, 0.1) is 6.92 Å². The molecule has 0 aliphatic heterocycles. The smallest absolute Gasteiger partial charge is 0.264 e. The first-order valence-corrected chi connectivity index (χ1v) is 12.8. The normalized spacial score (nSPS) is 13.9. The summed E-state index contributed by atoms with van der Waals surface area (Å²) >= 11 is 6.34. The maximum atomic E-state index is 13.5. The maximum absolute atomic E-state index is 13.5. The Morgan fingerprint density at radius 1 is 1.03 bits per heavy atom. The van der Waals surface area contributed by atoms with E-state index < -0.39 is 15.9 Å². The first kappa shape index (κ1) is 23.3. The van der Waals surface area contributed by atoms with Crippen LogP contribution in [0.4, 0.5) is 5.69 Å². The van der Waals surface area contributed by atoms with Gasteiger partial charge >= 0.3 is 0 Å². The number of fused-ring (bicyclic) bond motifs is 1. The van der Waals surface area contributed by atoms with Crippen molar-refractivity contribution in [1.82, 2.24) is 5.32 Å². The van der Waals surface area contributed by atoms with Crippen LogP contribution in [0.25, 0.3) is 0 Å². The van der Waals surface area contributed by atoms with E-state index >= 15 is 0 Å². The lowest BCUT2D eigenvalue weighted by atomic mass is 10.0. The largest absolute Gasteiger partial charge is 0.348 e. The van der Waals surface area contributed by atoms with E-state index in [1.807, 2.05) is 19.9 Å². The lowest BCUT2D eigenvalue weighted by Gasteiger charge is -2.26. The molecule has 1 unspecified atom stereocenters. The summed E-state index contributed by atoms with van der Waals surface area (Å²) in [6, 6.07) is 19.2. The van der Waals surface area contributed by atoms with Crippen LogP contribution in [0.3, 0.4) is 0 Å². The van der Waals surface area contributed by atoms with Crippen molar-refractivity contribution in [1.29, 1.82) is 0 Å². The highest BCUT2D eigenvalue weighted by Crippen LogP contribution is 2.31. The first-order valence-electron chi connectivity index (χ1n) is 11.0. The topological polar surface area (TPSA) is 66.5 Å². The Morgan fingerprint density at radius 2 is 1.73 bits per heavy atom. The van der Waals surface area contributed by atoms with Gasteiger partial charge in [-0.3, -0.25) is 9.10 Å². The molecule has 0 fully saturated rings. The Bertz CT molecular complexity index is 1270. The molecular formula is C26H27ClN2O3S. The fourth-order valence-electron chi connectivity index (χ4n) is 4.15. The summed E-state index contributed by atoms with van der Waals surface area (Å²) in [4.78, 5) is 13.1. The first-order chi connectivity index (χ1) is 15.8. The van der Waals surface area contributed by atoms with Crippen molar-refractivity contribution in [2.45, 2.75) is 44.0 Å². The average molecular weight is 483 g/mol. The number of amides is 1. The lowest BCUT2D eigenvalue weighted by Crippen LogP contribution is -2.41. The Morgan fingerprint density at radius 3 is 2.45 bits per heavy atom. The van der Waals surface area contributed by atoms with Crippen LogP contribution in [0.1, 0.15) is 41.6 Å². The van der Waals surface area contributed by atoms with Crippen molar-refractivity contribution in [3.05, 3.63) is 94.0 Å². The van der Waals surface area contributed by atoms with Crippen LogP contribution in [0.5, 0.6) is 0 Å². The third-order valence-corrected chi connectivity index (χ3v) is 8.11. The number of sulfonamides is 1. The Balaban J connectivity index is 1.59. The number of hydrogen-bond acceptors (Lipinski definition) is 3. The summed E-state index contributed by atoms with van der Waals surface area (Å²) in [5.41, 5.74) is 4.91. The molecule has 3 aromatic carbocycles. The number of carbonyl (C=O) groups excluding carboxylic acids is 1. The minimum absolute atomic E-state index is 0.104. The van der Waals surface area contributed by atoms with Crippen LogP contribution >= 0.6 is 11.6 Å². The zero-order chi connectivity index (χ0) is 23.6. The number of aryl methyl sites for hydroxylation is 3. The summed E-state index contributed by atoms with van der Waals surface area (Å²) in [5, 5.41) is 3.21. The SMILES string of the molecule is Cc1ccc(S(=O)(=O)N(CC(=O)NC(C)c2ccc3c(c2)CCC3)c2ccccc2Cl)cc1. The lowest BCUT2D eigenvalue weighted by molar-refractivity contribution is -0.120. The number of nitrogens with one attached hydrogen (secondary N) is 1. The van der Waals surface area contributed by atoms with Gasteiger partial charge in [-0.2, -0.15) is 0 Å². The molecule has 0 saturated carbocycles. The predicted octanol–water partition coefficient (Wildman–Crippen LogP) is 5.21.